The fraction of sp³-hybridized carbons (Fsp3) is 0.778. The van der Waals surface area contributed by atoms with Crippen LogP contribution in [0.1, 0.15) is 6.42 Å². The molecule has 76 valence electrons. The van der Waals surface area contributed by atoms with Crippen LogP contribution in [0.5, 0.6) is 0 Å². The minimum absolute atomic E-state index is 0.233. The van der Waals surface area contributed by atoms with E-state index in [1.54, 1.807) is 0 Å². The molecule has 0 spiro atoms. The van der Waals surface area contributed by atoms with Crippen molar-refractivity contribution in [3.63, 3.8) is 0 Å². The molecule has 0 unspecified atom stereocenters. The van der Waals surface area contributed by atoms with E-state index in [-0.39, 0.29) is 17.9 Å². The van der Waals surface area contributed by atoms with Crippen molar-refractivity contribution in [2.24, 2.45) is 23.7 Å². The Morgan fingerprint density at radius 2 is 2.21 bits per heavy atom. The van der Waals surface area contributed by atoms with Gasteiger partial charge in [0.15, 0.2) is 0 Å². The van der Waals surface area contributed by atoms with Gasteiger partial charge in [0.2, 0.25) is 0 Å². The molecule has 14 heavy (non-hydrogen) atoms. The molecular weight excluding hydrogens is 188 g/mol. The highest BCUT2D eigenvalue weighted by Gasteiger charge is 2.68. The van der Waals surface area contributed by atoms with Gasteiger partial charge >= 0.3 is 11.9 Å². The lowest BCUT2D eigenvalue weighted by Gasteiger charge is -2.19. The van der Waals surface area contributed by atoms with Crippen LogP contribution < -0.4 is 0 Å². The van der Waals surface area contributed by atoms with E-state index in [4.69, 9.17) is 9.84 Å². The zero-order valence-corrected chi connectivity index (χ0v) is 7.29. The van der Waals surface area contributed by atoms with E-state index in [0.717, 1.165) is 0 Å². The van der Waals surface area contributed by atoms with E-state index < -0.39 is 29.9 Å². The van der Waals surface area contributed by atoms with E-state index in [9.17, 15) is 14.7 Å². The number of carbonyl (C=O) groups is 2. The summed E-state index contributed by atoms with van der Waals surface area (Å²) in [5.74, 6) is -3.33. The van der Waals surface area contributed by atoms with Crippen LogP contribution in [0, 0.1) is 23.7 Å². The highest BCUT2D eigenvalue weighted by Crippen LogP contribution is 2.57. The predicted molar refractivity (Wildman–Crippen MR) is 42.1 cm³/mol. The molecule has 3 aliphatic rings. The molecule has 6 atom stereocenters. The van der Waals surface area contributed by atoms with E-state index >= 15 is 0 Å². The van der Waals surface area contributed by atoms with Gasteiger partial charge in [0.05, 0.1) is 17.9 Å². The summed E-state index contributed by atoms with van der Waals surface area (Å²) in [4.78, 5) is 22.3. The Morgan fingerprint density at radius 1 is 1.50 bits per heavy atom. The number of aliphatic carboxylic acids is 1. The predicted octanol–water partition coefficient (Wildman–Crippen LogP) is -0.761. The van der Waals surface area contributed by atoms with E-state index in [1.165, 1.54) is 0 Å². The maximum absolute atomic E-state index is 11.4. The molecular formula is C9H10O5. The van der Waals surface area contributed by atoms with E-state index in [1.807, 2.05) is 0 Å². The lowest BCUT2D eigenvalue weighted by Crippen LogP contribution is -2.31. The number of esters is 1. The van der Waals surface area contributed by atoms with Crippen molar-refractivity contribution in [1.82, 2.24) is 0 Å². The molecule has 0 aromatic heterocycles. The van der Waals surface area contributed by atoms with Gasteiger partial charge in [0, 0.05) is 11.8 Å². The van der Waals surface area contributed by atoms with E-state index in [2.05, 4.69) is 0 Å². The number of aliphatic hydroxyl groups excluding tert-OH is 1. The minimum atomic E-state index is -0.987. The molecule has 0 radical (unpaired) electrons. The van der Waals surface area contributed by atoms with Gasteiger partial charge in [-0.3, -0.25) is 9.59 Å². The first-order chi connectivity index (χ1) is 6.61. The summed E-state index contributed by atoms with van der Waals surface area (Å²) in [5.41, 5.74) is 0. The SMILES string of the molecule is O=C1O[C@@H]2C[C@H]3[C@@H](O)[C@H]2[C@H]1[C@H]3C(=O)O. The van der Waals surface area contributed by atoms with Gasteiger partial charge in [-0.15, -0.1) is 0 Å². The Balaban J connectivity index is 2.05. The maximum Gasteiger partial charge on any atom is 0.310 e. The topological polar surface area (TPSA) is 83.8 Å². The average Bonchev–Trinajstić information content (AvgIpc) is 2.62. The standard InChI is InChI=1S/C9H10O5/c10-7-2-1-3-5(7)6(9(13)14-3)4(2)8(11)12/h2-7,10H,1H2,(H,11,12)/t2-,3-,4+,5-,6-,7-/m1/s1. The van der Waals surface area contributed by atoms with E-state index in [0.29, 0.717) is 6.42 Å². The van der Waals surface area contributed by atoms with Crippen LogP contribution in [-0.2, 0) is 14.3 Å². The number of carbonyl (C=O) groups excluding carboxylic acids is 1. The number of hydrogen-bond acceptors (Lipinski definition) is 4. The van der Waals surface area contributed by atoms with Crippen LogP contribution in [0.4, 0.5) is 0 Å². The molecule has 3 fully saturated rings. The molecule has 5 nitrogen and oxygen atoms in total. The fourth-order valence-corrected chi connectivity index (χ4v) is 3.37. The number of rotatable bonds is 1. The molecule has 2 aliphatic carbocycles. The molecule has 0 aromatic rings. The molecule has 1 heterocycles. The molecule has 3 rings (SSSR count). The Hall–Kier alpha value is -1.10. The van der Waals surface area contributed by atoms with Crippen molar-refractivity contribution in [3.05, 3.63) is 0 Å². The summed E-state index contributed by atoms with van der Waals surface area (Å²) in [6, 6.07) is 0. The summed E-state index contributed by atoms with van der Waals surface area (Å²) in [6.07, 6.45) is -0.397. The summed E-state index contributed by atoms with van der Waals surface area (Å²) < 4.78 is 5.03. The summed E-state index contributed by atoms with van der Waals surface area (Å²) in [7, 11) is 0. The number of carboxylic acids is 1. The monoisotopic (exact) mass is 198 g/mol. The van der Waals surface area contributed by atoms with Crippen molar-refractivity contribution >= 4 is 11.9 Å². The molecule has 2 bridgehead atoms. The van der Waals surface area contributed by atoms with Crippen molar-refractivity contribution in [2.45, 2.75) is 18.6 Å². The van der Waals surface area contributed by atoms with Crippen LogP contribution >= 0.6 is 0 Å². The maximum atomic E-state index is 11.4. The second kappa shape index (κ2) is 2.28. The third kappa shape index (κ3) is 0.706. The van der Waals surface area contributed by atoms with Crippen molar-refractivity contribution in [3.8, 4) is 0 Å². The smallest absolute Gasteiger partial charge is 0.310 e. The molecule has 0 aromatic carbocycles. The summed E-state index contributed by atoms with van der Waals surface area (Å²) in [6.45, 7) is 0. The number of ether oxygens (including phenoxy) is 1. The Bertz CT molecular complexity index is 325. The highest BCUT2D eigenvalue weighted by molar-refractivity contribution is 5.85. The van der Waals surface area contributed by atoms with Gasteiger partial charge in [-0.05, 0) is 6.42 Å². The summed E-state index contributed by atoms with van der Waals surface area (Å²) >= 11 is 0. The third-order valence-electron chi connectivity index (χ3n) is 3.85. The second-order valence-corrected chi connectivity index (χ2v) is 4.33. The van der Waals surface area contributed by atoms with Crippen LogP contribution in [0.15, 0.2) is 0 Å². The van der Waals surface area contributed by atoms with Crippen molar-refractivity contribution < 1.29 is 24.5 Å². The Morgan fingerprint density at radius 3 is 2.86 bits per heavy atom. The van der Waals surface area contributed by atoms with Crippen LogP contribution in [0.2, 0.25) is 0 Å². The highest BCUT2D eigenvalue weighted by atomic mass is 16.6. The van der Waals surface area contributed by atoms with Gasteiger partial charge in [-0.1, -0.05) is 0 Å². The number of fused-ring (bicyclic) bond motifs is 1. The lowest BCUT2D eigenvalue weighted by molar-refractivity contribution is -0.151. The molecule has 0 amide bonds. The Labute approximate surface area is 79.7 Å². The molecule has 1 saturated heterocycles. The quantitative estimate of drug-likeness (QED) is 0.541. The minimum Gasteiger partial charge on any atom is -0.481 e. The van der Waals surface area contributed by atoms with Crippen LogP contribution in [0.3, 0.4) is 0 Å². The Kier molecular flexibility index (Phi) is 1.34. The van der Waals surface area contributed by atoms with Crippen LogP contribution in [-0.4, -0.2) is 34.4 Å². The second-order valence-electron chi connectivity index (χ2n) is 4.33. The van der Waals surface area contributed by atoms with Gasteiger partial charge in [-0.25, -0.2) is 0 Å². The first-order valence-electron chi connectivity index (χ1n) is 4.72. The number of hydrogen-bond donors (Lipinski definition) is 2. The lowest BCUT2D eigenvalue weighted by atomic mass is 9.80. The molecule has 2 saturated carbocycles. The molecule has 1 aliphatic heterocycles. The normalized spacial score (nSPS) is 53.6. The molecule has 2 N–H and O–H groups in total. The molecule has 5 heteroatoms. The van der Waals surface area contributed by atoms with Crippen molar-refractivity contribution in [2.75, 3.05) is 0 Å². The zero-order valence-electron chi connectivity index (χ0n) is 7.29. The zero-order chi connectivity index (χ0) is 10.0. The van der Waals surface area contributed by atoms with Crippen LogP contribution in [0.25, 0.3) is 0 Å². The number of aliphatic hydroxyl groups is 1. The first kappa shape index (κ1) is 8.23. The van der Waals surface area contributed by atoms with Gasteiger partial charge in [-0.2, -0.15) is 0 Å². The van der Waals surface area contributed by atoms with Gasteiger partial charge < -0.3 is 14.9 Å². The number of carboxylic acid groups (broad SMARTS) is 1. The largest absolute Gasteiger partial charge is 0.481 e. The third-order valence-corrected chi connectivity index (χ3v) is 3.85. The van der Waals surface area contributed by atoms with Crippen molar-refractivity contribution in [1.29, 1.82) is 0 Å². The van der Waals surface area contributed by atoms with Gasteiger partial charge in [0.25, 0.3) is 0 Å². The summed E-state index contributed by atoms with van der Waals surface area (Å²) in [5, 5.41) is 18.7. The average molecular weight is 198 g/mol. The fourth-order valence-electron chi connectivity index (χ4n) is 3.37. The first-order valence-corrected chi connectivity index (χ1v) is 4.72. The van der Waals surface area contributed by atoms with Gasteiger partial charge in [0.1, 0.15) is 6.10 Å².